The van der Waals surface area contributed by atoms with Crippen molar-refractivity contribution in [1.82, 2.24) is 0 Å². The lowest BCUT2D eigenvalue weighted by Crippen LogP contribution is -2.10. The molecular formula is C6H10O4. The molecule has 2 N–H and O–H groups in total. The smallest absolute Gasteiger partial charge is 0.330 e. The molecule has 0 fully saturated rings. The van der Waals surface area contributed by atoms with E-state index in [1.807, 2.05) is 0 Å². The van der Waals surface area contributed by atoms with Crippen molar-refractivity contribution in [2.24, 2.45) is 0 Å². The fourth-order valence-corrected chi connectivity index (χ4v) is 0.324. The number of esters is 1. The van der Waals surface area contributed by atoms with Gasteiger partial charge < -0.3 is 14.9 Å². The number of rotatable bonds is 4. The van der Waals surface area contributed by atoms with Crippen LogP contribution < -0.4 is 0 Å². The minimum atomic E-state index is -1.42. The monoisotopic (exact) mass is 146 g/mol. The first-order valence-electron chi connectivity index (χ1n) is 2.82. The Labute approximate surface area is 58.7 Å². The number of carbonyl (C=O) groups excluding carboxylic acids is 1. The van der Waals surface area contributed by atoms with E-state index in [0.717, 1.165) is 6.08 Å². The summed E-state index contributed by atoms with van der Waals surface area (Å²) in [6.07, 6.45) is -0.374. The number of ether oxygens (including phenoxy) is 1. The molecule has 0 aromatic carbocycles. The van der Waals surface area contributed by atoms with Crippen molar-refractivity contribution in [3.8, 4) is 0 Å². The summed E-state index contributed by atoms with van der Waals surface area (Å²) in [5.41, 5.74) is 0. The summed E-state index contributed by atoms with van der Waals surface area (Å²) in [7, 11) is 0. The van der Waals surface area contributed by atoms with E-state index in [4.69, 9.17) is 10.2 Å². The third-order valence-corrected chi connectivity index (χ3v) is 0.787. The van der Waals surface area contributed by atoms with Gasteiger partial charge in [0.1, 0.15) is 0 Å². The van der Waals surface area contributed by atoms with Crippen molar-refractivity contribution in [2.45, 2.75) is 12.7 Å². The molecule has 0 atom stereocenters. The van der Waals surface area contributed by atoms with Crippen LogP contribution in [0.1, 0.15) is 6.42 Å². The van der Waals surface area contributed by atoms with Crippen LogP contribution in [0.15, 0.2) is 12.7 Å². The molecule has 0 radical (unpaired) electrons. The van der Waals surface area contributed by atoms with Gasteiger partial charge in [0.05, 0.1) is 6.61 Å². The lowest BCUT2D eigenvalue weighted by atomic mass is 10.4. The van der Waals surface area contributed by atoms with Crippen LogP contribution in [0.3, 0.4) is 0 Å². The van der Waals surface area contributed by atoms with Crippen LogP contribution in [0.5, 0.6) is 0 Å². The van der Waals surface area contributed by atoms with Gasteiger partial charge in [-0.15, -0.1) is 0 Å². The number of aliphatic hydroxyl groups is 2. The summed E-state index contributed by atoms with van der Waals surface area (Å²) in [5.74, 6) is -0.555. The Bertz CT molecular complexity index is 119. The van der Waals surface area contributed by atoms with Crippen LogP contribution >= 0.6 is 0 Å². The van der Waals surface area contributed by atoms with Crippen molar-refractivity contribution in [3.63, 3.8) is 0 Å². The molecule has 0 aliphatic heterocycles. The molecule has 58 valence electrons. The van der Waals surface area contributed by atoms with Gasteiger partial charge in [0.2, 0.25) is 0 Å². The van der Waals surface area contributed by atoms with Gasteiger partial charge in [-0.1, -0.05) is 6.58 Å². The first-order chi connectivity index (χ1) is 4.66. The average Bonchev–Trinajstić information content (AvgIpc) is 1.87. The predicted octanol–water partition coefficient (Wildman–Crippen LogP) is -0.584. The Morgan fingerprint density at radius 1 is 1.70 bits per heavy atom. The average molecular weight is 146 g/mol. The number of hydrogen-bond acceptors (Lipinski definition) is 4. The quantitative estimate of drug-likeness (QED) is 0.316. The topological polar surface area (TPSA) is 66.8 Å². The minimum absolute atomic E-state index is 0.00250. The highest BCUT2D eigenvalue weighted by Gasteiger charge is 1.98. The maximum absolute atomic E-state index is 10.3. The van der Waals surface area contributed by atoms with Crippen molar-refractivity contribution in [1.29, 1.82) is 0 Å². The van der Waals surface area contributed by atoms with Gasteiger partial charge in [-0.2, -0.15) is 0 Å². The van der Waals surface area contributed by atoms with E-state index in [9.17, 15) is 4.79 Å². The molecule has 4 heteroatoms. The molecule has 0 spiro atoms. The van der Waals surface area contributed by atoms with Gasteiger partial charge in [-0.25, -0.2) is 4.79 Å². The van der Waals surface area contributed by atoms with Crippen molar-refractivity contribution >= 4 is 5.97 Å². The zero-order valence-corrected chi connectivity index (χ0v) is 5.49. The Morgan fingerprint density at radius 3 is 2.70 bits per heavy atom. The molecule has 0 aliphatic rings. The highest BCUT2D eigenvalue weighted by molar-refractivity contribution is 5.81. The van der Waals surface area contributed by atoms with Crippen LogP contribution in [0.4, 0.5) is 0 Å². The summed E-state index contributed by atoms with van der Waals surface area (Å²) >= 11 is 0. The Hall–Kier alpha value is -0.870. The Morgan fingerprint density at radius 2 is 2.30 bits per heavy atom. The van der Waals surface area contributed by atoms with E-state index in [1.165, 1.54) is 0 Å². The summed E-state index contributed by atoms with van der Waals surface area (Å²) in [6, 6.07) is 0. The van der Waals surface area contributed by atoms with Gasteiger partial charge in [0, 0.05) is 12.5 Å². The van der Waals surface area contributed by atoms with Crippen LogP contribution in [-0.4, -0.2) is 29.1 Å². The van der Waals surface area contributed by atoms with Gasteiger partial charge >= 0.3 is 5.97 Å². The van der Waals surface area contributed by atoms with E-state index in [-0.39, 0.29) is 13.0 Å². The number of hydrogen-bond donors (Lipinski definition) is 2. The van der Waals surface area contributed by atoms with Crippen molar-refractivity contribution in [3.05, 3.63) is 12.7 Å². The molecule has 4 nitrogen and oxygen atoms in total. The summed E-state index contributed by atoms with van der Waals surface area (Å²) in [5, 5.41) is 16.6. The van der Waals surface area contributed by atoms with E-state index >= 15 is 0 Å². The van der Waals surface area contributed by atoms with Gasteiger partial charge in [0.25, 0.3) is 0 Å². The highest BCUT2D eigenvalue weighted by Crippen LogP contribution is 1.88. The van der Waals surface area contributed by atoms with Crippen LogP contribution in [0.25, 0.3) is 0 Å². The van der Waals surface area contributed by atoms with Gasteiger partial charge in [-0.05, 0) is 0 Å². The number of aliphatic hydroxyl groups excluding tert-OH is 1. The molecule has 0 aromatic rings. The minimum Gasteiger partial charge on any atom is -0.462 e. The zero-order valence-electron chi connectivity index (χ0n) is 5.49. The summed E-state index contributed by atoms with van der Waals surface area (Å²) in [6.45, 7) is 3.16. The summed E-state index contributed by atoms with van der Waals surface area (Å²) < 4.78 is 4.42. The Balaban J connectivity index is 3.19. The fraction of sp³-hybridized carbons (Fsp3) is 0.500. The molecule has 0 saturated carbocycles. The predicted molar refractivity (Wildman–Crippen MR) is 34.0 cm³/mol. The molecule has 0 bridgehead atoms. The van der Waals surface area contributed by atoms with E-state index in [2.05, 4.69) is 11.3 Å². The third kappa shape index (κ3) is 5.27. The van der Waals surface area contributed by atoms with Crippen LogP contribution in [0, 0.1) is 0 Å². The second kappa shape index (κ2) is 4.96. The first kappa shape index (κ1) is 9.13. The zero-order chi connectivity index (χ0) is 7.98. The lowest BCUT2D eigenvalue weighted by Gasteiger charge is -2.02. The van der Waals surface area contributed by atoms with Gasteiger partial charge in [0.15, 0.2) is 6.29 Å². The molecular weight excluding hydrogens is 136 g/mol. The molecule has 0 saturated heterocycles. The second-order valence-corrected chi connectivity index (χ2v) is 1.64. The van der Waals surface area contributed by atoms with Crippen molar-refractivity contribution in [2.75, 3.05) is 6.61 Å². The fourth-order valence-electron chi connectivity index (χ4n) is 0.324. The van der Waals surface area contributed by atoms with E-state index < -0.39 is 12.3 Å². The number of carbonyl (C=O) groups is 1. The van der Waals surface area contributed by atoms with E-state index in [1.54, 1.807) is 0 Å². The maximum atomic E-state index is 10.3. The Kier molecular flexibility index (Phi) is 4.53. The molecule has 0 amide bonds. The largest absolute Gasteiger partial charge is 0.462 e. The molecule has 0 aliphatic carbocycles. The molecule has 0 heterocycles. The maximum Gasteiger partial charge on any atom is 0.330 e. The standard InChI is InChI=1S/C6H10O4/c1-2-6(9)10-4-3-5(7)8/h2,5,7-8H,1,3-4H2. The molecule has 0 aromatic heterocycles. The highest BCUT2D eigenvalue weighted by atomic mass is 16.5. The SMILES string of the molecule is C=CC(=O)OCCC(O)O. The van der Waals surface area contributed by atoms with Crippen LogP contribution in [0.2, 0.25) is 0 Å². The third-order valence-electron chi connectivity index (χ3n) is 0.787. The normalized spacial score (nSPS) is 9.50. The molecule has 0 rings (SSSR count). The molecule has 10 heavy (non-hydrogen) atoms. The second-order valence-electron chi connectivity index (χ2n) is 1.64. The van der Waals surface area contributed by atoms with Crippen molar-refractivity contribution < 1.29 is 19.7 Å². The lowest BCUT2D eigenvalue weighted by molar-refractivity contribution is -0.140. The van der Waals surface area contributed by atoms with E-state index in [0.29, 0.717) is 0 Å². The van der Waals surface area contributed by atoms with Gasteiger partial charge in [-0.3, -0.25) is 0 Å². The van der Waals surface area contributed by atoms with Crippen LogP contribution in [-0.2, 0) is 9.53 Å². The molecule has 0 unspecified atom stereocenters. The first-order valence-corrected chi connectivity index (χ1v) is 2.82. The summed E-state index contributed by atoms with van der Waals surface area (Å²) in [4.78, 5) is 10.3.